The minimum absolute atomic E-state index is 0.438. The van der Waals surface area contributed by atoms with Crippen molar-refractivity contribution < 1.29 is 0 Å². The SMILES string of the molecule is CCN(c1ncc(CCl)c2ccccc12)C(C)C. The Morgan fingerprint density at radius 2 is 1.89 bits per heavy atom. The van der Waals surface area contributed by atoms with Gasteiger partial charge in [-0.15, -0.1) is 11.6 Å². The number of aromatic nitrogens is 1. The van der Waals surface area contributed by atoms with E-state index in [1.807, 2.05) is 12.3 Å². The van der Waals surface area contributed by atoms with Gasteiger partial charge in [0.05, 0.1) is 0 Å². The summed E-state index contributed by atoms with van der Waals surface area (Å²) in [7, 11) is 0. The fourth-order valence-electron chi connectivity index (χ4n) is 2.33. The van der Waals surface area contributed by atoms with E-state index in [2.05, 4.69) is 48.9 Å². The quantitative estimate of drug-likeness (QED) is 0.768. The molecule has 0 N–H and O–H groups in total. The summed E-state index contributed by atoms with van der Waals surface area (Å²) in [6, 6.07) is 8.78. The Hall–Kier alpha value is -1.28. The van der Waals surface area contributed by atoms with E-state index in [1.54, 1.807) is 0 Å². The second-order valence-corrected chi connectivity index (χ2v) is 4.93. The van der Waals surface area contributed by atoms with Crippen molar-refractivity contribution in [2.75, 3.05) is 11.4 Å². The van der Waals surface area contributed by atoms with Gasteiger partial charge in [0.15, 0.2) is 0 Å². The fourth-order valence-corrected chi connectivity index (χ4v) is 2.54. The molecule has 0 aliphatic rings. The van der Waals surface area contributed by atoms with Gasteiger partial charge in [-0.3, -0.25) is 0 Å². The molecule has 96 valence electrons. The number of fused-ring (bicyclic) bond motifs is 1. The van der Waals surface area contributed by atoms with Crippen molar-refractivity contribution in [3.8, 4) is 0 Å². The van der Waals surface area contributed by atoms with E-state index < -0.39 is 0 Å². The van der Waals surface area contributed by atoms with Crippen LogP contribution < -0.4 is 4.90 Å². The lowest BCUT2D eigenvalue weighted by Crippen LogP contribution is -2.31. The highest BCUT2D eigenvalue weighted by Crippen LogP contribution is 2.28. The van der Waals surface area contributed by atoms with E-state index >= 15 is 0 Å². The van der Waals surface area contributed by atoms with Gasteiger partial charge >= 0.3 is 0 Å². The van der Waals surface area contributed by atoms with Crippen molar-refractivity contribution in [2.45, 2.75) is 32.7 Å². The van der Waals surface area contributed by atoms with Gasteiger partial charge in [-0.2, -0.15) is 0 Å². The Bertz CT molecular complexity index is 537. The van der Waals surface area contributed by atoms with Crippen molar-refractivity contribution in [3.05, 3.63) is 36.0 Å². The number of nitrogens with zero attached hydrogens (tertiary/aromatic N) is 2. The minimum atomic E-state index is 0.438. The highest BCUT2D eigenvalue weighted by atomic mass is 35.5. The highest BCUT2D eigenvalue weighted by Gasteiger charge is 2.14. The second kappa shape index (κ2) is 5.57. The zero-order valence-corrected chi connectivity index (χ0v) is 11.9. The molecule has 0 atom stereocenters. The number of alkyl halides is 1. The molecule has 2 nitrogen and oxygen atoms in total. The molecular weight excluding hydrogens is 244 g/mol. The van der Waals surface area contributed by atoms with Crippen LogP contribution in [0.25, 0.3) is 10.8 Å². The molecule has 3 heteroatoms. The number of halogens is 1. The van der Waals surface area contributed by atoms with E-state index in [0.717, 1.165) is 17.9 Å². The lowest BCUT2D eigenvalue weighted by Gasteiger charge is -2.27. The average molecular weight is 263 g/mol. The van der Waals surface area contributed by atoms with Gasteiger partial charge in [0.1, 0.15) is 5.82 Å². The Labute approximate surface area is 114 Å². The van der Waals surface area contributed by atoms with Gasteiger partial charge < -0.3 is 4.90 Å². The highest BCUT2D eigenvalue weighted by molar-refractivity contribution is 6.18. The maximum atomic E-state index is 5.98. The predicted molar refractivity (Wildman–Crippen MR) is 79.5 cm³/mol. The van der Waals surface area contributed by atoms with Gasteiger partial charge in [-0.25, -0.2) is 4.98 Å². The number of rotatable bonds is 4. The minimum Gasteiger partial charge on any atom is -0.354 e. The van der Waals surface area contributed by atoms with Gasteiger partial charge in [-0.1, -0.05) is 24.3 Å². The zero-order chi connectivity index (χ0) is 13.1. The molecule has 0 unspecified atom stereocenters. The Kier molecular flexibility index (Phi) is 4.07. The Balaban J connectivity index is 2.65. The lowest BCUT2D eigenvalue weighted by molar-refractivity contribution is 0.696. The summed E-state index contributed by atoms with van der Waals surface area (Å²) < 4.78 is 0. The van der Waals surface area contributed by atoms with Crippen LogP contribution in [-0.4, -0.2) is 17.6 Å². The maximum absolute atomic E-state index is 5.98. The predicted octanol–water partition coefficient (Wildman–Crippen LogP) is 4.21. The van der Waals surface area contributed by atoms with Crippen LogP contribution >= 0.6 is 11.6 Å². The molecule has 0 aliphatic carbocycles. The van der Waals surface area contributed by atoms with E-state index in [1.165, 1.54) is 10.8 Å². The van der Waals surface area contributed by atoms with Crippen molar-refractivity contribution in [1.82, 2.24) is 4.98 Å². The average Bonchev–Trinajstić information content (AvgIpc) is 2.39. The first kappa shape index (κ1) is 13.2. The summed E-state index contributed by atoms with van der Waals surface area (Å²) in [5, 5.41) is 2.39. The normalized spacial score (nSPS) is 11.2. The molecule has 2 rings (SSSR count). The summed E-state index contributed by atoms with van der Waals surface area (Å²) in [5.74, 6) is 1.55. The Morgan fingerprint density at radius 3 is 2.44 bits per heavy atom. The standard InChI is InChI=1S/C15H19ClN2/c1-4-18(11(2)3)15-14-8-6-5-7-13(14)12(9-16)10-17-15/h5-8,10-11H,4,9H2,1-3H3. The van der Waals surface area contributed by atoms with Crippen molar-refractivity contribution in [3.63, 3.8) is 0 Å². The molecule has 0 saturated heterocycles. The summed E-state index contributed by atoms with van der Waals surface area (Å²) in [4.78, 5) is 6.92. The molecule has 0 radical (unpaired) electrons. The van der Waals surface area contributed by atoms with Crippen LogP contribution in [0.5, 0.6) is 0 Å². The summed E-state index contributed by atoms with van der Waals surface area (Å²) in [6.45, 7) is 7.49. The molecule has 1 heterocycles. The van der Waals surface area contributed by atoms with Gasteiger partial charge in [0.2, 0.25) is 0 Å². The first-order chi connectivity index (χ1) is 8.69. The molecule has 0 saturated carbocycles. The third kappa shape index (κ3) is 2.30. The number of hydrogen-bond donors (Lipinski definition) is 0. The molecule has 0 aliphatic heterocycles. The molecule has 0 fully saturated rings. The topological polar surface area (TPSA) is 16.1 Å². The number of pyridine rings is 1. The molecular formula is C15H19ClN2. The van der Waals surface area contributed by atoms with Crippen LogP contribution in [0.1, 0.15) is 26.3 Å². The van der Waals surface area contributed by atoms with E-state index in [4.69, 9.17) is 11.6 Å². The Morgan fingerprint density at radius 1 is 1.22 bits per heavy atom. The second-order valence-electron chi connectivity index (χ2n) is 4.67. The molecule has 18 heavy (non-hydrogen) atoms. The van der Waals surface area contributed by atoms with E-state index in [9.17, 15) is 0 Å². The monoisotopic (exact) mass is 262 g/mol. The van der Waals surface area contributed by atoms with Gasteiger partial charge in [-0.05, 0) is 31.7 Å². The van der Waals surface area contributed by atoms with E-state index in [0.29, 0.717) is 11.9 Å². The van der Waals surface area contributed by atoms with Crippen molar-refractivity contribution in [2.24, 2.45) is 0 Å². The summed E-state index contributed by atoms with van der Waals surface area (Å²) >= 11 is 5.98. The number of benzene rings is 1. The summed E-state index contributed by atoms with van der Waals surface area (Å²) in [6.07, 6.45) is 1.90. The van der Waals surface area contributed by atoms with Crippen LogP contribution in [-0.2, 0) is 5.88 Å². The molecule has 0 amide bonds. The smallest absolute Gasteiger partial charge is 0.136 e. The fraction of sp³-hybridized carbons (Fsp3) is 0.400. The molecule has 0 bridgehead atoms. The maximum Gasteiger partial charge on any atom is 0.136 e. The van der Waals surface area contributed by atoms with Crippen molar-refractivity contribution >= 4 is 28.2 Å². The number of hydrogen-bond acceptors (Lipinski definition) is 2. The summed E-state index contributed by atoms with van der Waals surface area (Å²) in [5.41, 5.74) is 1.09. The molecule has 2 aromatic rings. The van der Waals surface area contributed by atoms with Crippen LogP contribution in [0.4, 0.5) is 5.82 Å². The lowest BCUT2D eigenvalue weighted by atomic mass is 10.1. The van der Waals surface area contributed by atoms with E-state index in [-0.39, 0.29) is 0 Å². The number of anilines is 1. The first-order valence-electron chi connectivity index (χ1n) is 6.38. The van der Waals surface area contributed by atoms with Crippen LogP contribution in [0.15, 0.2) is 30.5 Å². The molecule has 1 aromatic heterocycles. The van der Waals surface area contributed by atoms with Gasteiger partial charge in [0.25, 0.3) is 0 Å². The van der Waals surface area contributed by atoms with Crippen LogP contribution in [0, 0.1) is 0 Å². The third-order valence-electron chi connectivity index (χ3n) is 3.24. The largest absolute Gasteiger partial charge is 0.354 e. The van der Waals surface area contributed by atoms with Crippen molar-refractivity contribution in [1.29, 1.82) is 0 Å². The first-order valence-corrected chi connectivity index (χ1v) is 6.91. The van der Waals surface area contributed by atoms with Gasteiger partial charge in [0, 0.05) is 30.0 Å². The molecule has 0 spiro atoms. The molecule has 1 aromatic carbocycles. The third-order valence-corrected chi connectivity index (χ3v) is 3.52. The zero-order valence-electron chi connectivity index (χ0n) is 11.2. The van der Waals surface area contributed by atoms with Crippen LogP contribution in [0.3, 0.4) is 0 Å². The van der Waals surface area contributed by atoms with Crippen LogP contribution in [0.2, 0.25) is 0 Å².